The lowest BCUT2D eigenvalue weighted by molar-refractivity contribution is 0.430. The van der Waals surface area contributed by atoms with E-state index in [1.54, 1.807) is 60.7 Å². The Morgan fingerprint density at radius 1 is 0.268 bits per heavy atom. The van der Waals surface area contributed by atoms with E-state index in [4.69, 9.17) is 10.5 Å². The first-order chi connectivity index (χ1) is 53.5. The third-order valence-corrected chi connectivity index (χ3v) is 23.4. The molecule has 1 aliphatic heterocycles. The summed E-state index contributed by atoms with van der Waals surface area (Å²) in [5, 5.41) is 110. The molecular formula is C96H140N6O10. The minimum absolute atomic E-state index is 0. The minimum Gasteiger partial charge on any atom is -0.508 e. The number of H-pyrrole nitrogens is 4. The molecule has 2 unspecified atom stereocenters. The van der Waals surface area contributed by atoms with Gasteiger partial charge in [0.05, 0.1) is 33.8 Å². The molecule has 4 aromatic carbocycles. The van der Waals surface area contributed by atoms with Crippen LogP contribution in [0.2, 0.25) is 0 Å². The number of unbranched alkanes of at least 4 members (excludes halogenated alkanes) is 34. The molecule has 112 heavy (non-hydrogen) atoms. The minimum atomic E-state index is -1.10. The number of hydrogen-bond donors (Lipinski definition) is 12. The highest BCUT2D eigenvalue weighted by molar-refractivity contribution is 5.60. The van der Waals surface area contributed by atoms with Crippen LogP contribution in [0.3, 0.4) is 0 Å². The maximum absolute atomic E-state index is 11.9. The van der Waals surface area contributed by atoms with Crippen molar-refractivity contribution in [2.45, 2.75) is 333 Å². The first-order valence-electron chi connectivity index (χ1n) is 42.7. The summed E-state index contributed by atoms with van der Waals surface area (Å²) in [6.07, 6.45) is 49.1. The van der Waals surface area contributed by atoms with Crippen LogP contribution in [0.1, 0.15) is 379 Å². The molecule has 8 bridgehead atoms. The highest BCUT2D eigenvalue weighted by Crippen LogP contribution is 2.55. The second-order valence-electron chi connectivity index (χ2n) is 31.5. The molecule has 4 atom stereocenters. The Kier molecular flexibility index (Phi) is 41.4. The van der Waals surface area contributed by atoms with Gasteiger partial charge in [0.15, 0.2) is 0 Å². The maximum Gasteiger partial charge on any atom is 0.119 e. The first-order valence-corrected chi connectivity index (χ1v) is 42.7. The number of phenols is 8. The fourth-order valence-corrected chi connectivity index (χ4v) is 17.8. The SMILES string of the molecule is C/C=C/CCCCCCCCCC1(c2cc(O)cc(O)c2)c2ccc([nH]2)[C@](CCCCCCCCCCCC)(c2cc(O)cc(O)c2)c2ccc([nH]2)C(CCCCCCCCCCCC)(c2cc(O)cc(O)c2)c2ccc([nH]2)[C@](CCCCCCCCCCCC)(c2cc(O)cc(O)c2)c2ccc1[nH]2.CC#N.CC#N.O.O. The zero-order chi connectivity index (χ0) is 79.0. The summed E-state index contributed by atoms with van der Waals surface area (Å²) in [4.78, 5) is 16.8. The van der Waals surface area contributed by atoms with Crippen molar-refractivity contribution in [3.05, 3.63) is 201 Å². The fraction of sp³-hybridized carbons (Fsp3) is 0.542. The van der Waals surface area contributed by atoms with Crippen molar-refractivity contribution in [1.29, 1.82) is 10.5 Å². The lowest BCUT2D eigenvalue weighted by atomic mass is 9.70. The average molecular weight is 1540 g/mol. The number of nitrogens with zero attached hydrogens (tertiary/aromatic N) is 2. The number of aromatic hydroxyl groups is 8. The van der Waals surface area contributed by atoms with Crippen molar-refractivity contribution in [2.75, 3.05) is 0 Å². The van der Waals surface area contributed by atoms with Gasteiger partial charge in [0.25, 0.3) is 0 Å². The van der Waals surface area contributed by atoms with Crippen LogP contribution in [-0.4, -0.2) is 71.7 Å². The molecule has 16 nitrogen and oxygen atoms in total. The van der Waals surface area contributed by atoms with Gasteiger partial charge in [0, 0.05) is 83.7 Å². The van der Waals surface area contributed by atoms with Crippen molar-refractivity contribution in [1.82, 2.24) is 19.9 Å². The van der Waals surface area contributed by atoms with Crippen LogP contribution in [0.4, 0.5) is 0 Å². The van der Waals surface area contributed by atoms with Gasteiger partial charge < -0.3 is 71.7 Å². The molecule has 16 N–H and O–H groups in total. The van der Waals surface area contributed by atoms with Gasteiger partial charge in [-0.2, -0.15) is 10.5 Å². The molecule has 8 aromatic rings. The molecule has 0 spiro atoms. The van der Waals surface area contributed by atoms with Gasteiger partial charge in [0.2, 0.25) is 0 Å². The summed E-state index contributed by atoms with van der Waals surface area (Å²) in [5.74, 6) is -0.556. The third-order valence-electron chi connectivity index (χ3n) is 23.4. The second-order valence-corrected chi connectivity index (χ2v) is 31.5. The van der Waals surface area contributed by atoms with E-state index in [0.29, 0.717) is 47.9 Å². The number of allylic oxidation sites excluding steroid dienone is 2. The summed E-state index contributed by atoms with van der Waals surface area (Å²) in [6, 6.07) is 40.8. The van der Waals surface area contributed by atoms with Gasteiger partial charge in [-0.15, -0.1) is 0 Å². The number of hydrogen-bond acceptors (Lipinski definition) is 10. The lowest BCUT2D eigenvalue weighted by Crippen LogP contribution is -2.35. The molecule has 0 saturated heterocycles. The number of rotatable bonds is 47. The van der Waals surface area contributed by atoms with E-state index in [1.807, 2.05) is 0 Å². The highest BCUT2D eigenvalue weighted by atomic mass is 16.3. The average Bonchev–Trinajstić information content (AvgIpc) is 1.53. The second kappa shape index (κ2) is 49.5. The van der Waals surface area contributed by atoms with E-state index in [0.717, 1.165) is 161 Å². The Hall–Kier alpha value is -8.96. The van der Waals surface area contributed by atoms with E-state index in [1.165, 1.54) is 167 Å². The van der Waals surface area contributed by atoms with Crippen LogP contribution in [-0.2, 0) is 21.7 Å². The third kappa shape index (κ3) is 25.5. The number of phenolic OH excluding ortho intramolecular Hbond substituents is 8. The van der Waals surface area contributed by atoms with Crippen molar-refractivity contribution in [3.63, 3.8) is 0 Å². The summed E-state index contributed by atoms with van der Waals surface area (Å²) in [7, 11) is 0. The smallest absolute Gasteiger partial charge is 0.119 e. The molecule has 0 saturated carbocycles. The largest absolute Gasteiger partial charge is 0.508 e. The Labute approximate surface area is 671 Å². The fourth-order valence-electron chi connectivity index (χ4n) is 17.8. The summed E-state index contributed by atoms with van der Waals surface area (Å²) in [5.41, 5.74) is 4.86. The maximum atomic E-state index is 11.9. The molecule has 0 radical (unpaired) electrons. The Morgan fingerprint density at radius 3 is 0.580 bits per heavy atom. The van der Waals surface area contributed by atoms with Crippen LogP contribution in [0, 0.1) is 22.7 Å². The van der Waals surface area contributed by atoms with Crippen molar-refractivity contribution in [3.8, 4) is 58.1 Å². The van der Waals surface area contributed by atoms with Gasteiger partial charge in [-0.25, -0.2) is 0 Å². The molecule has 9 rings (SSSR count). The van der Waals surface area contributed by atoms with Gasteiger partial charge >= 0.3 is 0 Å². The van der Waals surface area contributed by atoms with E-state index >= 15 is 0 Å². The number of nitrogens with one attached hydrogen (secondary N) is 4. The predicted octanol–water partition coefficient (Wildman–Crippen LogP) is 24.7. The normalized spacial score (nSPS) is 17.0. The quantitative estimate of drug-likeness (QED) is 0.0126. The van der Waals surface area contributed by atoms with Crippen molar-refractivity contribution in [2.24, 2.45) is 0 Å². The molecule has 16 heteroatoms. The first kappa shape index (κ1) is 93.6. The highest BCUT2D eigenvalue weighted by Gasteiger charge is 2.49. The molecular weight excluding hydrogens is 1400 g/mol. The molecule has 4 aromatic heterocycles. The molecule has 1 aliphatic rings. The lowest BCUT2D eigenvalue weighted by Gasteiger charge is -2.38. The standard InChI is InChI=1S/C92H130N4O8.2C2H3N.2H2O/c1-5-9-13-17-21-25-29-33-37-41-53-89(69-57-73(97)65-74(98)58-69)81-45-47-83(93-81)90(70-59-75(99)66-76(100)60-70,54-42-38-34-30-26-22-18-14-10-6-2)85-49-51-87(95-85)92(72-63-79(103)68-80(104)64-72,56-44-40-36-32-28-24-20-16-12-8-4)88-52-50-86(96-88)91(84-48-46-82(89)94-84,71-61-77(101)67-78(102)62-71)55-43-39-35-31-27-23-19-15-11-7-3;2*1-2-3;;/h5,9,45-52,57-68,93-104H,6-8,10-44,53-56H2,1-4H3;2*1H3;2*1H2/b9-5+;;;;/t89?,90-,91+,92?;;;;. The molecule has 614 valence electrons. The molecule has 5 heterocycles. The monoisotopic (exact) mass is 1540 g/mol. The van der Waals surface area contributed by atoms with E-state index < -0.39 is 21.7 Å². The van der Waals surface area contributed by atoms with Crippen LogP contribution in [0.25, 0.3) is 0 Å². The zero-order valence-electron chi connectivity index (χ0n) is 68.9. The molecule has 0 aliphatic carbocycles. The van der Waals surface area contributed by atoms with E-state index in [2.05, 4.69) is 108 Å². The molecule has 0 amide bonds. The van der Waals surface area contributed by atoms with Crippen molar-refractivity contribution >= 4 is 0 Å². The Balaban J connectivity index is 0.00000271. The number of aromatic amines is 4. The Bertz CT molecular complexity index is 3810. The summed E-state index contributed by atoms with van der Waals surface area (Å²) >= 11 is 0. The number of nitriles is 2. The summed E-state index contributed by atoms with van der Waals surface area (Å²) < 4.78 is 0. The van der Waals surface area contributed by atoms with Gasteiger partial charge in [0.1, 0.15) is 46.0 Å². The van der Waals surface area contributed by atoms with Gasteiger partial charge in [-0.3, -0.25) is 0 Å². The van der Waals surface area contributed by atoms with Crippen LogP contribution < -0.4 is 0 Å². The van der Waals surface area contributed by atoms with Crippen LogP contribution >= 0.6 is 0 Å². The van der Waals surface area contributed by atoms with Gasteiger partial charge in [-0.1, -0.05) is 264 Å². The number of aromatic nitrogens is 4. The van der Waals surface area contributed by atoms with E-state index in [-0.39, 0.29) is 56.9 Å². The number of fused-ring (bicyclic) bond motifs is 8. The zero-order valence-corrected chi connectivity index (χ0v) is 68.9. The predicted molar refractivity (Wildman–Crippen MR) is 457 cm³/mol. The molecule has 0 fully saturated rings. The Morgan fingerprint density at radius 2 is 0.420 bits per heavy atom. The topological polar surface area (TPSA) is 336 Å². The summed E-state index contributed by atoms with van der Waals surface area (Å²) in [6.45, 7) is 11.7. The number of benzene rings is 4. The van der Waals surface area contributed by atoms with Crippen LogP contribution in [0.15, 0.2) is 133 Å². The van der Waals surface area contributed by atoms with E-state index in [9.17, 15) is 40.9 Å². The van der Waals surface area contributed by atoms with Crippen molar-refractivity contribution < 1.29 is 51.8 Å². The van der Waals surface area contributed by atoms with Gasteiger partial charge in [-0.05, 0) is 165 Å². The van der Waals surface area contributed by atoms with Crippen LogP contribution in [0.5, 0.6) is 46.0 Å².